The van der Waals surface area contributed by atoms with Crippen LogP contribution in [0.3, 0.4) is 0 Å². The lowest BCUT2D eigenvalue weighted by Gasteiger charge is -2.23. The molecule has 0 aliphatic heterocycles. The molecule has 0 unspecified atom stereocenters. The van der Waals surface area contributed by atoms with Gasteiger partial charge in [-0.05, 0) is 75.1 Å². The molecule has 2 aromatic rings. The van der Waals surface area contributed by atoms with Crippen molar-refractivity contribution in [3.8, 4) is 11.5 Å². The molecule has 3 amide bonds. The molecule has 0 heterocycles. The van der Waals surface area contributed by atoms with Crippen LogP contribution in [0.4, 0.5) is 5.69 Å². The first-order valence-corrected chi connectivity index (χ1v) is 11.9. The van der Waals surface area contributed by atoms with Crippen molar-refractivity contribution in [2.24, 2.45) is 5.41 Å². The average molecular weight is 484 g/mol. The van der Waals surface area contributed by atoms with Crippen LogP contribution < -0.4 is 25.6 Å². The fourth-order valence-electron chi connectivity index (χ4n) is 3.28. The second-order valence-corrected chi connectivity index (χ2v) is 9.11. The number of anilines is 1. The normalized spacial score (nSPS) is 10.9. The number of aryl methyl sites for hydroxylation is 2. The molecule has 0 bridgehead atoms. The maximum atomic E-state index is 12.5. The van der Waals surface area contributed by atoms with E-state index in [4.69, 9.17) is 9.47 Å². The van der Waals surface area contributed by atoms with Gasteiger partial charge in [-0.3, -0.25) is 25.2 Å². The molecular weight excluding hydrogens is 446 g/mol. The molecule has 0 radical (unpaired) electrons. The maximum Gasteiger partial charge on any atom is 0.244 e. The standard InChI is InChI=1S/C27H37N3O5/c1-6-34-22-12-10-21(11-13-22)28-24(31)14-15-25(32)29-30-26(33)27(4,5)16-7-17-35-23-18-19(2)8-9-20(23)3/h8-13,18H,6-7,14-17H2,1-5H3,(H,28,31)(H,29,32)(H,30,33). The first-order valence-electron chi connectivity index (χ1n) is 11.9. The fraction of sp³-hybridized carbons (Fsp3) is 0.444. The summed E-state index contributed by atoms with van der Waals surface area (Å²) in [5.74, 6) is 0.550. The van der Waals surface area contributed by atoms with Gasteiger partial charge in [0.25, 0.3) is 0 Å². The highest BCUT2D eigenvalue weighted by atomic mass is 16.5. The van der Waals surface area contributed by atoms with Gasteiger partial charge in [-0.25, -0.2) is 0 Å². The molecule has 0 aliphatic rings. The first-order chi connectivity index (χ1) is 16.6. The van der Waals surface area contributed by atoms with Crippen molar-refractivity contribution >= 4 is 23.4 Å². The quantitative estimate of drug-likeness (QED) is 0.305. The van der Waals surface area contributed by atoms with Gasteiger partial charge in [0, 0.05) is 23.9 Å². The van der Waals surface area contributed by atoms with Crippen LogP contribution in [0.2, 0.25) is 0 Å². The first kappa shape index (κ1) is 27.7. The van der Waals surface area contributed by atoms with Gasteiger partial charge >= 0.3 is 0 Å². The molecule has 2 aromatic carbocycles. The van der Waals surface area contributed by atoms with Crippen molar-refractivity contribution in [2.75, 3.05) is 18.5 Å². The van der Waals surface area contributed by atoms with Crippen molar-refractivity contribution in [3.05, 3.63) is 53.6 Å². The largest absolute Gasteiger partial charge is 0.494 e. The Bertz CT molecular complexity index is 1000. The Labute approximate surface area is 207 Å². The number of ether oxygens (including phenoxy) is 2. The molecule has 0 spiro atoms. The minimum absolute atomic E-state index is 0.00593. The van der Waals surface area contributed by atoms with Gasteiger partial charge in [-0.1, -0.05) is 26.0 Å². The van der Waals surface area contributed by atoms with Gasteiger partial charge in [0.05, 0.1) is 13.2 Å². The fourth-order valence-corrected chi connectivity index (χ4v) is 3.28. The molecule has 0 saturated heterocycles. The molecule has 8 nitrogen and oxygen atoms in total. The van der Waals surface area contributed by atoms with Crippen LogP contribution in [0.5, 0.6) is 11.5 Å². The monoisotopic (exact) mass is 483 g/mol. The SMILES string of the molecule is CCOc1ccc(NC(=O)CCC(=O)NNC(=O)C(C)(C)CCCOc2cc(C)ccc2C)cc1. The second-order valence-electron chi connectivity index (χ2n) is 9.11. The summed E-state index contributed by atoms with van der Waals surface area (Å²) in [5.41, 5.74) is 6.99. The summed E-state index contributed by atoms with van der Waals surface area (Å²) in [4.78, 5) is 36.7. The van der Waals surface area contributed by atoms with Crippen LogP contribution in [0.15, 0.2) is 42.5 Å². The average Bonchev–Trinajstić information content (AvgIpc) is 2.82. The van der Waals surface area contributed by atoms with Crippen LogP contribution in [-0.2, 0) is 14.4 Å². The molecule has 0 atom stereocenters. The van der Waals surface area contributed by atoms with Crippen molar-refractivity contribution in [1.82, 2.24) is 10.9 Å². The summed E-state index contributed by atoms with van der Waals surface area (Å²) in [6.45, 7) is 10.6. The zero-order chi connectivity index (χ0) is 25.8. The minimum atomic E-state index is -0.691. The van der Waals surface area contributed by atoms with Crippen LogP contribution in [0, 0.1) is 19.3 Å². The van der Waals surface area contributed by atoms with Crippen LogP contribution in [0.25, 0.3) is 0 Å². The second kappa shape index (κ2) is 13.4. The number of amides is 3. The number of hydrazine groups is 1. The number of hydrogen-bond donors (Lipinski definition) is 3. The Morgan fingerprint density at radius 2 is 1.57 bits per heavy atom. The molecule has 0 fully saturated rings. The van der Waals surface area contributed by atoms with E-state index in [0.29, 0.717) is 31.7 Å². The van der Waals surface area contributed by atoms with Crippen molar-refractivity contribution in [3.63, 3.8) is 0 Å². The Balaban J connectivity index is 1.66. The summed E-state index contributed by atoms with van der Waals surface area (Å²) in [6, 6.07) is 13.1. The number of hydrogen-bond acceptors (Lipinski definition) is 5. The summed E-state index contributed by atoms with van der Waals surface area (Å²) < 4.78 is 11.2. The van der Waals surface area contributed by atoms with E-state index in [2.05, 4.69) is 16.2 Å². The Kier molecular flexibility index (Phi) is 10.6. The van der Waals surface area contributed by atoms with E-state index >= 15 is 0 Å². The zero-order valence-electron chi connectivity index (χ0n) is 21.3. The zero-order valence-corrected chi connectivity index (χ0v) is 21.3. The van der Waals surface area contributed by atoms with Gasteiger partial charge in [0.15, 0.2) is 0 Å². The van der Waals surface area contributed by atoms with E-state index < -0.39 is 11.3 Å². The summed E-state index contributed by atoms with van der Waals surface area (Å²) in [7, 11) is 0. The van der Waals surface area contributed by atoms with Gasteiger partial charge in [0.2, 0.25) is 17.7 Å². The lowest BCUT2D eigenvalue weighted by Crippen LogP contribution is -2.47. The highest BCUT2D eigenvalue weighted by molar-refractivity contribution is 5.93. The summed E-state index contributed by atoms with van der Waals surface area (Å²) in [5, 5.41) is 2.73. The topological polar surface area (TPSA) is 106 Å². The number of carbonyl (C=O) groups is 3. The molecule has 0 aromatic heterocycles. The Morgan fingerprint density at radius 1 is 0.886 bits per heavy atom. The van der Waals surface area contributed by atoms with Crippen LogP contribution in [-0.4, -0.2) is 30.9 Å². The molecule has 190 valence electrons. The van der Waals surface area contributed by atoms with E-state index in [0.717, 1.165) is 22.6 Å². The van der Waals surface area contributed by atoms with Crippen molar-refractivity contribution in [2.45, 2.75) is 60.3 Å². The third-order valence-corrected chi connectivity index (χ3v) is 5.51. The third-order valence-electron chi connectivity index (χ3n) is 5.51. The van der Waals surface area contributed by atoms with E-state index in [1.807, 2.05) is 52.8 Å². The highest BCUT2D eigenvalue weighted by Crippen LogP contribution is 2.24. The number of nitrogens with one attached hydrogen (secondary N) is 3. The van der Waals surface area contributed by atoms with Crippen LogP contribution >= 0.6 is 0 Å². The van der Waals surface area contributed by atoms with Crippen molar-refractivity contribution < 1.29 is 23.9 Å². The lowest BCUT2D eigenvalue weighted by molar-refractivity contribution is -0.134. The number of rotatable bonds is 12. The van der Waals surface area contributed by atoms with Gasteiger partial charge in [0.1, 0.15) is 11.5 Å². The van der Waals surface area contributed by atoms with E-state index in [9.17, 15) is 14.4 Å². The lowest BCUT2D eigenvalue weighted by atomic mass is 9.87. The molecule has 0 aliphatic carbocycles. The molecule has 8 heteroatoms. The van der Waals surface area contributed by atoms with Gasteiger partial charge < -0.3 is 14.8 Å². The van der Waals surface area contributed by atoms with Crippen molar-refractivity contribution in [1.29, 1.82) is 0 Å². The predicted octanol–water partition coefficient (Wildman–Crippen LogP) is 4.45. The molecule has 2 rings (SSSR count). The molecule has 3 N–H and O–H groups in total. The van der Waals surface area contributed by atoms with E-state index in [1.165, 1.54) is 0 Å². The summed E-state index contributed by atoms with van der Waals surface area (Å²) >= 11 is 0. The smallest absolute Gasteiger partial charge is 0.244 e. The molecular formula is C27H37N3O5. The highest BCUT2D eigenvalue weighted by Gasteiger charge is 2.27. The summed E-state index contributed by atoms with van der Waals surface area (Å²) in [6.07, 6.45) is 1.22. The number of carbonyl (C=O) groups excluding carboxylic acids is 3. The Morgan fingerprint density at radius 3 is 2.26 bits per heavy atom. The third kappa shape index (κ3) is 9.68. The van der Waals surface area contributed by atoms with E-state index in [-0.39, 0.29) is 24.7 Å². The Hall–Kier alpha value is -3.55. The van der Waals surface area contributed by atoms with E-state index in [1.54, 1.807) is 24.3 Å². The van der Waals surface area contributed by atoms with Crippen LogP contribution in [0.1, 0.15) is 57.6 Å². The van der Waals surface area contributed by atoms with Gasteiger partial charge in [-0.15, -0.1) is 0 Å². The molecule has 0 saturated carbocycles. The minimum Gasteiger partial charge on any atom is -0.494 e. The maximum absolute atomic E-state index is 12.5. The predicted molar refractivity (Wildman–Crippen MR) is 136 cm³/mol. The van der Waals surface area contributed by atoms with Gasteiger partial charge in [-0.2, -0.15) is 0 Å². The molecule has 35 heavy (non-hydrogen) atoms. The number of benzene rings is 2.